The van der Waals surface area contributed by atoms with E-state index in [1.165, 1.54) is 33.8 Å². The highest BCUT2D eigenvalue weighted by Crippen LogP contribution is 2.46. The Balaban J connectivity index is 1.53. The Labute approximate surface area is 216 Å². The van der Waals surface area contributed by atoms with Crippen molar-refractivity contribution >= 4 is 23.0 Å². The van der Waals surface area contributed by atoms with Crippen LogP contribution in [-0.2, 0) is 0 Å². The highest BCUT2D eigenvalue weighted by Gasteiger charge is 2.42. The van der Waals surface area contributed by atoms with Crippen LogP contribution in [0.4, 0.5) is 5.69 Å². The number of thiocarbonyl (C=S) groups is 1. The van der Waals surface area contributed by atoms with Gasteiger partial charge < -0.3 is 24.3 Å². The maximum absolute atomic E-state index is 5.93. The molecule has 2 aromatic heterocycles. The van der Waals surface area contributed by atoms with E-state index in [4.69, 9.17) is 26.7 Å². The second-order valence-electron chi connectivity index (χ2n) is 9.49. The number of nitrogens with one attached hydrogen (secondary N) is 1. The molecule has 0 unspecified atom stereocenters. The van der Waals surface area contributed by atoms with Crippen molar-refractivity contribution in [2.75, 3.05) is 11.7 Å². The number of anilines is 1. The van der Waals surface area contributed by atoms with Crippen molar-refractivity contribution in [2.24, 2.45) is 0 Å². The van der Waals surface area contributed by atoms with Gasteiger partial charge in [0.2, 0.25) is 6.79 Å². The minimum absolute atomic E-state index is 0.0992. The zero-order valence-corrected chi connectivity index (χ0v) is 21.6. The van der Waals surface area contributed by atoms with Crippen LogP contribution in [-0.4, -0.2) is 21.5 Å². The molecule has 0 amide bonds. The molecule has 2 aliphatic heterocycles. The summed E-state index contributed by atoms with van der Waals surface area (Å²) in [5, 5.41) is 4.22. The molecule has 2 atom stereocenters. The van der Waals surface area contributed by atoms with Gasteiger partial charge in [-0.05, 0) is 93.0 Å². The number of hydrogen-bond acceptors (Lipinski definition) is 4. The van der Waals surface area contributed by atoms with Crippen molar-refractivity contribution < 1.29 is 9.47 Å². The molecule has 4 heterocycles. The maximum Gasteiger partial charge on any atom is 0.231 e. The second kappa shape index (κ2) is 8.68. The maximum atomic E-state index is 5.93. The van der Waals surface area contributed by atoms with Crippen molar-refractivity contribution in [3.63, 3.8) is 0 Å². The number of pyridine rings is 1. The van der Waals surface area contributed by atoms with Gasteiger partial charge in [0.15, 0.2) is 16.6 Å². The lowest BCUT2D eigenvalue weighted by Crippen LogP contribution is -2.29. The first-order chi connectivity index (χ1) is 17.4. The van der Waals surface area contributed by atoms with E-state index in [0.717, 1.165) is 22.9 Å². The average molecular weight is 497 g/mol. The predicted octanol–water partition coefficient (Wildman–Crippen LogP) is 6.01. The van der Waals surface area contributed by atoms with Crippen molar-refractivity contribution in [1.29, 1.82) is 0 Å². The van der Waals surface area contributed by atoms with Crippen LogP contribution in [0.1, 0.15) is 45.9 Å². The average Bonchev–Trinajstić information content (AvgIpc) is 3.56. The third-order valence-electron chi connectivity index (χ3n) is 7.13. The molecular formula is C29H28N4O2S. The molecule has 7 heteroatoms. The number of ether oxygens (including phenoxy) is 2. The molecule has 0 spiro atoms. The summed E-state index contributed by atoms with van der Waals surface area (Å²) < 4.78 is 13.6. The molecule has 0 saturated carbocycles. The molecule has 1 fully saturated rings. The van der Waals surface area contributed by atoms with Crippen LogP contribution in [0.2, 0.25) is 0 Å². The fourth-order valence-electron chi connectivity index (χ4n) is 5.40. The molecule has 36 heavy (non-hydrogen) atoms. The number of hydrogen-bond donors (Lipinski definition) is 1. The summed E-state index contributed by atoms with van der Waals surface area (Å²) in [6.45, 7) is 8.89. The molecule has 0 aliphatic carbocycles. The molecule has 2 aliphatic rings. The van der Waals surface area contributed by atoms with Gasteiger partial charge in [0.05, 0.1) is 17.8 Å². The quantitative estimate of drug-likeness (QED) is 0.349. The Morgan fingerprint density at radius 1 is 0.944 bits per heavy atom. The first-order valence-electron chi connectivity index (χ1n) is 12.1. The number of aryl methyl sites for hydroxylation is 3. The zero-order chi connectivity index (χ0) is 25.0. The minimum atomic E-state index is -0.114. The van der Waals surface area contributed by atoms with Gasteiger partial charge in [-0.2, -0.15) is 0 Å². The van der Waals surface area contributed by atoms with E-state index in [0.29, 0.717) is 5.11 Å². The third kappa shape index (κ3) is 3.62. The topological polar surface area (TPSA) is 51.6 Å². The first-order valence-corrected chi connectivity index (χ1v) is 12.5. The molecule has 6 rings (SSSR count). The normalized spacial score (nSPS) is 18.6. The Morgan fingerprint density at radius 3 is 2.58 bits per heavy atom. The van der Waals surface area contributed by atoms with Crippen molar-refractivity contribution in [1.82, 2.24) is 14.9 Å². The highest BCUT2D eigenvalue weighted by atomic mass is 32.1. The van der Waals surface area contributed by atoms with Crippen molar-refractivity contribution in [2.45, 2.75) is 39.8 Å². The first kappa shape index (κ1) is 22.6. The van der Waals surface area contributed by atoms with E-state index < -0.39 is 0 Å². The van der Waals surface area contributed by atoms with Crippen LogP contribution >= 0.6 is 12.2 Å². The number of aromatic nitrogens is 2. The lowest BCUT2D eigenvalue weighted by atomic mass is 9.96. The SMILES string of the molecule is Cc1ccc(C)c(-n2c(C)cc([C@@H]3[C@H](c4ccccn4)NC(=S)N3c3ccc4c(c3)OCO4)c2C)c1. The van der Waals surface area contributed by atoms with Crippen LogP contribution < -0.4 is 19.7 Å². The second-order valence-corrected chi connectivity index (χ2v) is 9.87. The van der Waals surface area contributed by atoms with Crippen molar-refractivity contribution in [3.8, 4) is 17.2 Å². The lowest BCUT2D eigenvalue weighted by molar-refractivity contribution is 0.174. The smallest absolute Gasteiger partial charge is 0.231 e. The van der Waals surface area contributed by atoms with E-state index in [1.54, 1.807) is 0 Å². The van der Waals surface area contributed by atoms with E-state index in [-0.39, 0.29) is 18.9 Å². The van der Waals surface area contributed by atoms with Crippen molar-refractivity contribution in [3.05, 3.63) is 101 Å². The lowest BCUT2D eigenvalue weighted by Gasteiger charge is -2.28. The largest absolute Gasteiger partial charge is 0.454 e. The fourth-order valence-corrected chi connectivity index (χ4v) is 5.75. The number of fused-ring (bicyclic) bond motifs is 1. The molecule has 2 aromatic carbocycles. The van der Waals surface area contributed by atoms with Gasteiger partial charge in [-0.1, -0.05) is 18.2 Å². The zero-order valence-electron chi connectivity index (χ0n) is 20.8. The van der Waals surface area contributed by atoms with Gasteiger partial charge in [-0.25, -0.2) is 0 Å². The minimum Gasteiger partial charge on any atom is -0.454 e. The van der Waals surface area contributed by atoms with Gasteiger partial charge >= 0.3 is 0 Å². The summed E-state index contributed by atoms with van der Waals surface area (Å²) in [7, 11) is 0. The van der Waals surface area contributed by atoms with Crippen LogP contribution in [0.5, 0.6) is 11.5 Å². The standard InChI is InChI=1S/C29H28N4O2S/c1-17-8-9-18(2)24(13-17)32-19(3)14-22(20(32)4)28-27(23-7-5-6-12-30-23)31-29(36)33(28)21-10-11-25-26(15-21)35-16-34-25/h5-15,27-28H,16H2,1-4H3,(H,31,36)/t27-,28+/m0/s1. The molecule has 6 nitrogen and oxygen atoms in total. The monoisotopic (exact) mass is 496 g/mol. The Morgan fingerprint density at radius 2 is 1.78 bits per heavy atom. The van der Waals surface area contributed by atoms with E-state index >= 15 is 0 Å². The highest BCUT2D eigenvalue weighted by molar-refractivity contribution is 7.80. The van der Waals surface area contributed by atoms with Crippen LogP contribution in [0, 0.1) is 27.7 Å². The third-order valence-corrected chi connectivity index (χ3v) is 7.44. The number of benzene rings is 2. The summed E-state index contributed by atoms with van der Waals surface area (Å²) in [6, 6.07) is 20.7. The van der Waals surface area contributed by atoms with E-state index in [9.17, 15) is 0 Å². The van der Waals surface area contributed by atoms with Gasteiger partial charge in [0.25, 0.3) is 0 Å². The van der Waals surface area contributed by atoms with Crippen LogP contribution in [0.15, 0.2) is 66.9 Å². The molecular weight excluding hydrogens is 468 g/mol. The van der Waals surface area contributed by atoms with Gasteiger partial charge in [0.1, 0.15) is 0 Å². The van der Waals surface area contributed by atoms with Gasteiger partial charge in [-0.3, -0.25) is 4.98 Å². The molecule has 4 aromatic rings. The summed E-state index contributed by atoms with van der Waals surface area (Å²) in [5.41, 5.74) is 9.15. The van der Waals surface area contributed by atoms with E-state index in [2.05, 4.69) is 72.8 Å². The van der Waals surface area contributed by atoms with Crippen LogP contribution in [0.25, 0.3) is 5.69 Å². The predicted molar refractivity (Wildman–Crippen MR) is 145 cm³/mol. The molecule has 182 valence electrons. The van der Waals surface area contributed by atoms with Gasteiger partial charge in [0, 0.05) is 35.0 Å². The molecule has 0 bridgehead atoms. The van der Waals surface area contributed by atoms with E-state index in [1.807, 2.05) is 36.5 Å². The summed E-state index contributed by atoms with van der Waals surface area (Å²) in [5.74, 6) is 1.49. The molecule has 1 N–H and O–H groups in total. The Kier molecular flexibility index (Phi) is 5.45. The number of nitrogens with zero attached hydrogens (tertiary/aromatic N) is 3. The Hall–Kier alpha value is -3.84. The fraction of sp³-hybridized carbons (Fsp3) is 0.241. The van der Waals surface area contributed by atoms with Gasteiger partial charge in [-0.15, -0.1) is 0 Å². The van der Waals surface area contributed by atoms with Crippen LogP contribution in [0.3, 0.4) is 0 Å². The summed E-state index contributed by atoms with van der Waals surface area (Å²) in [4.78, 5) is 6.89. The Bertz CT molecular complexity index is 1480. The molecule has 1 saturated heterocycles. The number of rotatable bonds is 4. The summed E-state index contributed by atoms with van der Waals surface area (Å²) >= 11 is 5.93. The molecule has 0 radical (unpaired) electrons. The summed E-state index contributed by atoms with van der Waals surface area (Å²) in [6.07, 6.45) is 1.83.